The number of nitrogens with zero attached hydrogens (tertiary/aromatic N) is 3. The summed E-state index contributed by atoms with van der Waals surface area (Å²) in [5, 5.41) is 9.62. The van der Waals surface area contributed by atoms with Gasteiger partial charge in [-0.05, 0) is 25.0 Å². The summed E-state index contributed by atoms with van der Waals surface area (Å²) in [6.07, 6.45) is 0. The fourth-order valence-electron chi connectivity index (χ4n) is 3.34. The molecule has 0 saturated carbocycles. The van der Waals surface area contributed by atoms with E-state index in [1.807, 2.05) is 62.4 Å². The molecule has 1 aliphatic rings. The highest BCUT2D eigenvalue weighted by atomic mass is 32.2. The zero-order chi connectivity index (χ0) is 19.4. The molecule has 2 aromatic carbocycles. The van der Waals surface area contributed by atoms with E-state index < -0.39 is 10.0 Å². The molecule has 6 heteroatoms. The molecule has 0 amide bonds. The van der Waals surface area contributed by atoms with E-state index in [9.17, 15) is 13.7 Å². The van der Waals surface area contributed by atoms with Crippen molar-refractivity contribution >= 4 is 10.0 Å². The molecular formula is C21H25N3O2S. The van der Waals surface area contributed by atoms with Gasteiger partial charge in [-0.15, -0.1) is 0 Å². The Bertz CT molecular complexity index is 907. The van der Waals surface area contributed by atoms with Gasteiger partial charge in [0.25, 0.3) is 0 Å². The second-order valence-corrected chi connectivity index (χ2v) is 9.09. The lowest BCUT2D eigenvalue weighted by Crippen LogP contribution is -2.49. The van der Waals surface area contributed by atoms with Crippen LogP contribution in [-0.2, 0) is 15.8 Å². The number of piperazine rings is 1. The monoisotopic (exact) mass is 383 g/mol. The third-order valence-electron chi connectivity index (χ3n) is 5.02. The van der Waals surface area contributed by atoms with E-state index in [0.29, 0.717) is 26.2 Å². The second kappa shape index (κ2) is 8.22. The quantitative estimate of drug-likeness (QED) is 0.796. The predicted molar refractivity (Wildman–Crippen MR) is 106 cm³/mol. The molecule has 2 aromatic rings. The Hall–Kier alpha value is -2.20. The average Bonchev–Trinajstić information content (AvgIpc) is 2.66. The molecule has 1 atom stereocenters. The Kier molecular flexibility index (Phi) is 5.95. The molecule has 142 valence electrons. The fourth-order valence-corrected chi connectivity index (χ4v) is 4.86. The lowest BCUT2D eigenvalue weighted by molar-refractivity contribution is 0.162. The van der Waals surface area contributed by atoms with Crippen molar-refractivity contribution in [3.05, 3.63) is 70.8 Å². The van der Waals surface area contributed by atoms with E-state index in [-0.39, 0.29) is 11.8 Å². The lowest BCUT2D eigenvalue weighted by atomic mass is 10.0. The fraction of sp³-hybridized carbons (Fsp3) is 0.381. The maximum Gasteiger partial charge on any atom is 0.218 e. The first-order chi connectivity index (χ1) is 12.9. The predicted octanol–water partition coefficient (Wildman–Crippen LogP) is 3.02. The third-order valence-corrected chi connectivity index (χ3v) is 6.87. The smallest absolute Gasteiger partial charge is 0.218 e. The Balaban J connectivity index is 1.64. The summed E-state index contributed by atoms with van der Waals surface area (Å²) >= 11 is 0. The van der Waals surface area contributed by atoms with Crippen LogP contribution < -0.4 is 0 Å². The van der Waals surface area contributed by atoms with Crippen LogP contribution in [0.4, 0.5) is 0 Å². The molecule has 1 unspecified atom stereocenters. The highest BCUT2D eigenvalue weighted by molar-refractivity contribution is 7.88. The van der Waals surface area contributed by atoms with E-state index in [1.54, 1.807) is 4.31 Å². The molecule has 1 saturated heterocycles. The summed E-state index contributed by atoms with van der Waals surface area (Å²) in [6.45, 7) is 5.94. The number of sulfonamides is 1. The van der Waals surface area contributed by atoms with Crippen molar-refractivity contribution < 1.29 is 8.42 Å². The Labute approximate surface area is 161 Å². The maximum atomic E-state index is 12.7. The van der Waals surface area contributed by atoms with Crippen LogP contribution in [0.5, 0.6) is 0 Å². The first-order valence-corrected chi connectivity index (χ1v) is 10.7. The van der Waals surface area contributed by atoms with E-state index >= 15 is 0 Å². The summed E-state index contributed by atoms with van der Waals surface area (Å²) in [5.74, 6) is 0.0208. The summed E-state index contributed by atoms with van der Waals surface area (Å²) in [7, 11) is -3.35. The number of nitriles is 1. The van der Waals surface area contributed by atoms with Crippen molar-refractivity contribution in [1.29, 1.82) is 5.26 Å². The molecule has 0 spiro atoms. The zero-order valence-electron chi connectivity index (χ0n) is 15.8. The van der Waals surface area contributed by atoms with Crippen molar-refractivity contribution in [2.75, 3.05) is 26.2 Å². The Morgan fingerprint density at radius 2 is 1.44 bits per heavy atom. The third kappa shape index (κ3) is 4.75. The minimum atomic E-state index is -3.35. The number of rotatable bonds is 5. The van der Waals surface area contributed by atoms with E-state index in [2.05, 4.69) is 11.0 Å². The number of hydrogen-bond acceptors (Lipinski definition) is 4. The van der Waals surface area contributed by atoms with Gasteiger partial charge in [0.05, 0.1) is 11.8 Å². The maximum absolute atomic E-state index is 12.7. The first kappa shape index (κ1) is 19.6. The number of hydrogen-bond donors (Lipinski definition) is 0. The molecule has 5 nitrogen and oxygen atoms in total. The Morgan fingerprint density at radius 1 is 0.926 bits per heavy atom. The first-order valence-electron chi connectivity index (χ1n) is 9.12. The number of benzene rings is 2. The zero-order valence-corrected chi connectivity index (χ0v) is 16.6. The molecule has 0 bridgehead atoms. The highest BCUT2D eigenvalue weighted by Crippen LogP contribution is 2.23. The molecule has 0 N–H and O–H groups in total. The molecule has 3 rings (SSSR count). The number of aryl methyl sites for hydroxylation is 2. The summed E-state index contributed by atoms with van der Waals surface area (Å²) in [4.78, 5) is 2.06. The molecular weight excluding hydrogens is 358 g/mol. The van der Waals surface area contributed by atoms with Crippen LogP contribution in [-0.4, -0.2) is 43.8 Å². The van der Waals surface area contributed by atoms with E-state index in [1.165, 1.54) is 0 Å². The highest BCUT2D eigenvalue weighted by Gasteiger charge is 2.30. The van der Waals surface area contributed by atoms with Crippen molar-refractivity contribution in [2.24, 2.45) is 0 Å². The van der Waals surface area contributed by atoms with Gasteiger partial charge in [-0.25, -0.2) is 8.42 Å². The average molecular weight is 384 g/mol. The minimum absolute atomic E-state index is 0.0208. The van der Waals surface area contributed by atoms with Gasteiger partial charge < -0.3 is 0 Å². The van der Waals surface area contributed by atoms with Crippen LogP contribution in [0, 0.1) is 25.2 Å². The van der Waals surface area contributed by atoms with Crippen molar-refractivity contribution in [2.45, 2.75) is 25.6 Å². The van der Waals surface area contributed by atoms with E-state index in [4.69, 9.17) is 0 Å². The van der Waals surface area contributed by atoms with Crippen molar-refractivity contribution in [3.8, 4) is 6.07 Å². The summed E-state index contributed by atoms with van der Waals surface area (Å²) in [6, 6.07) is 17.6. The molecule has 0 aliphatic carbocycles. The van der Waals surface area contributed by atoms with Gasteiger partial charge in [0.15, 0.2) is 0 Å². The lowest BCUT2D eigenvalue weighted by Gasteiger charge is -2.36. The largest absolute Gasteiger partial charge is 0.282 e. The molecule has 27 heavy (non-hydrogen) atoms. The van der Waals surface area contributed by atoms with Crippen LogP contribution >= 0.6 is 0 Å². The summed E-state index contributed by atoms with van der Waals surface area (Å²) < 4.78 is 27.0. The van der Waals surface area contributed by atoms with Crippen LogP contribution in [0.2, 0.25) is 0 Å². The van der Waals surface area contributed by atoms with Crippen molar-refractivity contribution in [1.82, 2.24) is 9.21 Å². The minimum Gasteiger partial charge on any atom is -0.282 e. The van der Waals surface area contributed by atoms with Crippen LogP contribution in [0.3, 0.4) is 0 Å². The SMILES string of the molecule is Cc1ccc(CS(=O)(=O)N2CCN(C(C#N)c3ccc(C)cc3)CC2)cc1. The van der Waals surface area contributed by atoms with E-state index in [0.717, 1.165) is 22.3 Å². The van der Waals surface area contributed by atoms with Gasteiger partial charge in [-0.2, -0.15) is 9.57 Å². The van der Waals surface area contributed by atoms with Crippen LogP contribution in [0.15, 0.2) is 48.5 Å². The van der Waals surface area contributed by atoms with Gasteiger partial charge in [0.1, 0.15) is 6.04 Å². The molecule has 0 radical (unpaired) electrons. The normalized spacial score (nSPS) is 17.4. The molecule has 1 fully saturated rings. The standard InChI is InChI=1S/C21H25N3O2S/c1-17-3-7-19(8-4-17)16-27(25,26)24-13-11-23(12-14-24)21(15-22)20-9-5-18(2)6-10-20/h3-10,21H,11-14,16H2,1-2H3. The van der Waals surface area contributed by atoms with Gasteiger partial charge in [-0.1, -0.05) is 59.7 Å². The van der Waals surface area contributed by atoms with Crippen LogP contribution in [0.1, 0.15) is 28.3 Å². The van der Waals surface area contributed by atoms with Gasteiger partial charge in [0.2, 0.25) is 10.0 Å². The van der Waals surface area contributed by atoms with Gasteiger partial charge in [-0.3, -0.25) is 4.90 Å². The van der Waals surface area contributed by atoms with Gasteiger partial charge >= 0.3 is 0 Å². The van der Waals surface area contributed by atoms with Gasteiger partial charge in [0, 0.05) is 26.2 Å². The molecule has 0 aromatic heterocycles. The topological polar surface area (TPSA) is 64.4 Å². The van der Waals surface area contributed by atoms with Crippen molar-refractivity contribution in [3.63, 3.8) is 0 Å². The molecule has 1 heterocycles. The van der Waals surface area contributed by atoms with Crippen LogP contribution in [0.25, 0.3) is 0 Å². The molecule has 1 aliphatic heterocycles. The summed E-state index contributed by atoms with van der Waals surface area (Å²) in [5.41, 5.74) is 4.03. The Morgan fingerprint density at radius 3 is 1.96 bits per heavy atom. The second-order valence-electron chi connectivity index (χ2n) is 7.12.